The second-order valence-corrected chi connectivity index (χ2v) is 58.2. The Balaban J connectivity index is 0.925. The number of hydrogen-bond acceptors (Lipinski definition) is 2. The van der Waals surface area contributed by atoms with E-state index in [-0.39, 0.29) is 13.1 Å². The first-order valence-corrected chi connectivity index (χ1v) is 33.9. The normalized spacial score (nSPS) is 73.4. The van der Waals surface area contributed by atoms with E-state index in [0.717, 1.165) is 66.9 Å². The zero-order chi connectivity index (χ0) is 33.2. The number of fused-ring (bicyclic) bond motifs is 10. The second-order valence-electron chi connectivity index (χ2n) is 26.1. The molecule has 1 spiro atoms. The summed E-state index contributed by atoms with van der Waals surface area (Å²) in [5.74, 6) is 8.94. The molecule has 10 saturated heterocycles. The SMILES string of the molecule is C[Si](C)(C)[C]12[CH]3[C]4(CP(C5C6CC7CC(C6)CC5C7)C5C6CC7CC(C6)CC5C7)[C]5(C(P)(c6cccnc6)c6cccnc6)[CH]1[Fe]34521678[CH]2[CH]1[CH]6[CH]7[CH]28. The Morgan fingerprint density at radius 2 is 1.12 bits per heavy atom. The fourth-order valence-electron chi connectivity index (χ4n) is 32.4. The van der Waals surface area contributed by atoms with Crippen LogP contribution in [0.3, 0.4) is 0 Å². The minimum absolute atomic E-state index is 0.0294. The predicted molar refractivity (Wildman–Crippen MR) is 210 cm³/mol. The van der Waals surface area contributed by atoms with Crippen molar-refractivity contribution in [2.24, 2.45) is 47.3 Å². The maximum absolute atomic E-state index is 4.99. The molecule has 6 atom stereocenters. The molecule has 6 unspecified atom stereocenters. The van der Waals surface area contributed by atoms with Crippen LogP contribution in [0, 0.1) is 47.3 Å². The van der Waals surface area contributed by atoms with E-state index in [9.17, 15) is 0 Å². The van der Waals surface area contributed by atoms with E-state index in [1.807, 2.05) is 6.16 Å². The molecular weight excluding hydrogens is 714 g/mol. The predicted octanol–water partition coefficient (Wildman–Crippen LogP) is 12.1. The van der Waals surface area contributed by atoms with Crippen molar-refractivity contribution in [1.29, 1.82) is 0 Å². The van der Waals surface area contributed by atoms with Crippen molar-refractivity contribution in [3.05, 3.63) is 60.2 Å². The Morgan fingerprint density at radius 3 is 1.47 bits per heavy atom. The molecule has 2 aromatic rings. The van der Waals surface area contributed by atoms with Gasteiger partial charge in [-0.25, -0.2) is 0 Å². The van der Waals surface area contributed by atoms with E-state index < -0.39 is 14.6 Å². The van der Waals surface area contributed by atoms with E-state index in [2.05, 4.69) is 77.9 Å². The third-order valence-corrected chi connectivity index (χ3v) is 87.7. The van der Waals surface area contributed by atoms with Crippen molar-refractivity contribution in [2.45, 2.75) is 147 Å². The molecule has 8 bridgehead atoms. The van der Waals surface area contributed by atoms with Gasteiger partial charge in [-0.15, -0.1) is 0 Å². The third kappa shape index (κ3) is 0.909. The van der Waals surface area contributed by atoms with Crippen molar-refractivity contribution in [2.75, 3.05) is 6.16 Å². The molecule has 2 nitrogen and oxygen atoms in total. The van der Waals surface area contributed by atoms with Gasteiger partial charge in [0.15, 0.2) is 0 Å². The van der Waals surface area contributed by atoms with Crippen LogP contribution in [0.2, 0.25) is 65.9 Å². The summed E-state index contributed by atoms with van der Waals surface area (Å²) in [6.45, 7) is 4.61. The number of nitrogens with zero attached hydrogens (tertiary/aromatic N) is 2. The van der Waals surface area contributed by atoms with Crippen LogP contribution in [0.5, 0.6) is 0 Å². The summed E-state index contributed by atoms with van der Waals surface area (Å²) in [5, 5.41) is 0.0294. The summed E-state index contributed by atoms with van der Waals surface area (Å²) >= 11 is 0. The van der Waals surface area contributed by atoms with Gasteiger partial charge in [-0.05, 0) is 0 Å². The van der Waals surface area contributed by atoms with Crippen LogP contribution in [-0.2, 0) is 11.7 Å². The van der Waals surface area contributed by atoms with Gasteiger partial charge in [0.1, 0.15) is 0 Å². The second kappa shape index (κ2) is 4.91. The zero-order valence-electron chi connectivity index (χ0n) is 31.0. The first kappa shape index (κ1) is 27.5. The first-order valence-electron chi connectivity index (χ1n) is 22.0. The van der Waals surface area contributed by atoms with E-state index in [4.69, 9.17) is 9.97 Å². The summed E-state index contributed by atoms with van der Waals surface area (Å²) in [5.41, 5.74) is 5.47. The fraction of sp³-hybridized carbons (Fsp3) is 0.778. The van der Waals surface area contributed by atoms with Crippen LogP contribution in [0.4, 0.5) is 0 Å². The molecule has 20 rings (SSSR count). The molecule has 18 fully saturated rings. The van der Waals surface area contributed by atoms with Gasteiger partial charge in [-0.3, -0.25) is 0 Å². The number of pyridine rings is 2. The minimum atomic E-state index is -4.24. The number of aromatic nitrogens is 2. The summed E-state index contributed by atoms with van der Waals surface area (Å²) in [7, 11) is 2.54. The van der Waals surface area contributed by atoms with Crippen molar-refractivity contribution < 1.29 is 6.51 Å². The summed E-state index contributed by atoms with van der Waals surface area (Å²) < 4.78 is 2.38. The van der Waals surface area contributed by atoms with E-state index in [1.165, 1.54) is 33.7 Å². The molecule has 0 aromatic carbocycles. The summed E-state index contributed by atoms with van der Waals surface area (Å²) in [4.78, 5) is 19.0. The molecule has 8 aliphatic carbocycles. The van der Waals surface area contributed by atoms with Crippen LogP contribution in [0.1, 0.15) is 75.3 Å². The average Bonchev–Trinajstić information content (AvgIpc) is 4.06. The molecule has 6 heteroatoms. The van der Waals surface area contributed by atoms with Crippen molar-refractivity contribution in [3.63, 3.8) is 0 Å². The molecular formula is C45H58FeN2P2Si. The van der Waals surface area contributed by atoms with Crippen LogP contribution in [0.15, 0.2) is 49.1 Å². The van der Waals surface area contributed by atoms with E-state index in [1.54, 1.807) is 75.3 Å². The third-order valence-electron chi connectivity index (χ3n) is 28.8. The Morgan fingerprint density at radius 1 is 0.686 bits per heavy atom. The molecule has 270 valence electrons. The molecule has 2 aromatic heterocycles. The fourth-order valence-corrected chi connectivity index (χ4v) is 149. The van der Waals surface area contributed by atoms with Crippen LogP contribution < -0.4 is 0 Å². The van der Waals surface area contributed by atoms with Gasteiger partial charge in [0.05, 0.1) is 0 Å². The molecule has 0 N–H and O–H groups in total. The van der Waals surface area contributed by atoms with Crippen molar-refractivity contribution >= 4 is 25.2 Å². The average molecular weight is 773 g/mol. The Labute approximate surface area is 300 Å². The molecule has 8 saturated carbocycles. The van der Waals surface area contributed by atoms with E-state index >= 15 is 0 Å². The Kier molecular flexibility index (Phi) is 2.65. The number of rotatable bonds is 8. The van der Waals surface area contributed by atoms with Crippen LogP contribution >= 0.6 is 17.2 Å². The molecule has 0 radical (unpaired) electrons. The molecule has 12 heterocycles. The summed E-state index contributed by atoms with van der Waals surface area (Å²) in [6, 6.07) is 9.75. The van der Waals surface area contributed by atoms with Gasteiger partial charge >= 0.3 is 302 Å². The standard InChI is InChI=1S/C40H53N2P2Si.C5H5.Fe/c1-45(2,3)36-20-33(37(21-36)40(43,34-6-4-8-41-22-34)35-7-5-9-42-23-35)24-44(38-29-12-25-10-26(14-29)15-30(38)13-25)39-31-16-27-11-28(18-31)19-32(39)17-27;1-2-4-5-3-1;/h4-9,20-23,25-32,38-39H,10-19,24,43H2,1-3H3;1-5H;. The molecule has 0 amide bonds. The quantitative estimate of drug-likeness (QED) is 0.197. The van der Waals surface area contributed by atoms with Gasteiger partial charge in [0, 0.05) is 0 Å². The Bertz CT molecular complexity index is 2340. The van der Waals surface area contributed by atoms with Crippen LogP contribution in [0.25, 0.3) is 0 Å². The van der Waals surface area contributed by atoms with Crippen LogP contribution in [-0.4, -0.2) is 35.5 Å². The Hall–Kier alpha value is -0.104. The van der Waals surface area contributed by atoms with Gasteiger partial charge in [0.2, 0.25) is 0 Å². The van der Waals surface area contributed by atoms with Gasteiger partial charge in [0.25, 0.3) is 0 Å². The molecule has 10 aliphatic heterocycles. The molecule has 51 heavy (non-hydrogen) atoms. The van der Waals surface area contributed by atoms with E-state index in [0.29, 0.717) is 4.31 Å². The topological polar surface area (TPSA) is 25.8 Å². The summed E-state index contributed by atoms with van der Waals surface area (Å²) in [6.07, 6.45) is 27.2. The monoisotopic (exact) mass is 772 g/mol. The maximum atomic E-state index is 4.99. The van der Waals surface area contributed by atoms with Crippen molar-refractivity contribution in [3.8, 4) is 0 Å². The zero-order valence-corrected chi connectivity index (χ0v) is 35.1. The van der Waals surface area contributed by atoms with Gasteiger partial charge in [-0.1, -0.05) is 0 Å². The van der Waals surface area contributed by atoms with Gasteiger partial charge < -0.3 is 0 Å². The molecule has 18 aliphatic rings. The first-order chi connectivity index (χ1) is 24.5. The van der Waals surface area contributed by atoms with Crippen molar-refractivity contribution in [1.82, 2.24) is 9.97 Å². The number of hydrogen-bond donors (Lipinski definition) is 0. The van der Waals surface area contributed by atoms with Gasteiger partial charge in [-0.2, -0.15) is 0 Å².